The molecule has 0 atom stereocenters. The Balaban J connectivity index is 0.829. The van der Waals surface area contributed by atoms with Crippen molar-refractivity contribution in [1.82, 2.24) is 0 Å². The van der Waals surface area contributed by atoms with Crippen LogP contribution in [0.3, 0.4) is 0 Å². The first-order valence-electron chi connectivity index (χ1n) is 26.5. The van der Waals surface area contributed by atoms with E-state index in [2.05, 4.69) is 306 Å². The molecule has 0 spiro atoms. The fourth-order valence-corrected chi connectivity index (χ4v) is 12.1. The summed E-state index contributed by atoms with van der Waals surface area (Å²) in [6.45, 7) is 13.7. The van der Waals surface area contributed by atoms with Gasteiger partial charge in [-0.1, -0.05) is 194 Å². The van der Waals surface area contributed by atoms with E-state index in [0.717, 1.165) is 34.1 Å². The average molecular weight is 977 g/mol. The van der Waals surface area contributed by atoms with Gasteiger partial charge in [0.15, 0.2) is 0 Å². The predicted molar refractivity (Wildman–Crippen MR) is 326 cm³/mol. The summed E-state index contributed by atoms with van der Waals surface area (Å²) in [6, 6.07) is 92.9. The van der Waals surface area contributed by atoms with E-state index in [1.165, 1.54) is 111 Å². The number of aryl methyl sites for hydroxylation is 4. The number of para-hydroxylation sites is 2. The number of hydrogen-bond acceptors (Lipinski definition) is 2. The molecule has 0 N–H and O–H groups in total. The summed E-state index contributed by atoms with van der Waals surface area (Å²) >= 11 is 0. The Morgan fingerprint density at radius 3 is 0.868 bits per heavy atom. The third-order valence-electron chi connectivity index (χ3n) is 15.5. The molecule has 0 saturated carbocycles. The zero-order chi connectivity index (χ0) is 51.9. The van der Waals surface area contributed by atoms with Gasteiger partial charge in [0.1, 0.15) is 0 Å². The summed E-state index contributed by atoms with van der Waals surface area (Å²) in [6.07, 6.45) is 0. The summed E-state index contributed by atoms with van der Waals surface area (Å²) in [7, 11) is 0. The molecule has 0 fully saturated rings. The number of anilines is 6. The third kappa shape index (κ3) is 8.82. The second-order valence-corrected chi connectivity index (χ2v) is 20.4. The Bertz CT molecular complexity index is 3780. The molecule has 366 valence electrons. The molecule has 0 amide bonds. The van der Waals surface area contributed by atoms with Crippen LogP contribution in [0.2, 0.25) is 0 Å². The van der Waals surface area contributed by atoms with E-state index < -0.39 is 0 Å². The molecule has 0 radical (unpaired) electrons. The molecule has 12 rings (SSSR count). The van der Waals surface area contributed by atoms with E-state index in [9.17, 15) is 0 Å². The molecule has 0 aliphatic heterocycles. The molecule has 0 aromatic heterocycles. The molecule has 12 aromatic rings. The monoisotopic (exact) mass is 976 g/mol. The van der Waals surface area contributed by atoms with Gasteiger partial charge < -0.3 is 9.80 Å². The fraction of sp³-hybridized carbons (Fsp3) is 0.0811. The van der Waals surface area contributed by atoms with Gasteiger partial charge in [-0.3, -0.25) is 0 Å². The van der Waals surface area contributed by atoms with E-state index in [1.54, 1.807) is 0 Å². The van der Waals surface area contributed by atoms with Crippen LogP contribution in [0.15, 0.2) is 255 Å². The Morgan fingerprint density at radius 1 is 0.224 bits per heavy atom. The van der Waals surface area contributed by atoms with E-state index in [-0.39, 0.29) is 0 Å². The summed E-state index contributed by atoms with van der Waals surface area (Å²) in [5.74, 6) is 0. The van der Waals surface area contributed by atoms with Crippen molar-refractivity contribution >= 4 is 55.7 Å². The Labute approximate surface area is 448 Å². The number of benzene rings is 12. The van der Waals surface area contributed by atoms with Crippen LogP contribution >= 0.6 is 0 Å². The minimum atomic E-state index is 1.12. The number of hydrogen-bond donors (Lipinski definition) is 0. The lowest BCUT2D eigenvalue weighted by Gasteiger charge is -2.27. The van der Waals surface area contributed by atoms with Crippen LogP contribution in [0, 0.1) is 41.5 Å². The van der Waals surface area contributed by atoms with Gasteiger partial charge in [-0.15, -0.1) is 0 Å². The molecule has 0 aliphatic carbocycles. The molecule has 76 heavy (non-hydrogen) atoms. The van der Waals surface area contributed by atoms with Crippen molar-refractivity contribution in [3.05, 3.63) is 288 Å². The first-order valence-corrected chi connectivity index (χ1v) is 26.5. The van der Waals surface area contributed by atoms with E-state index >= 15 is 0 Å². The van der Waals surface area contributed by atoms with Crippen molar-refractivity contribution in [2.24, 2.45) is 0 Å². The van der Waals surface area contributed by atoms with Gasteiger partial charge in [-0.2, -0.15) is 0 Å². The number of nitrogens with zero attached hydrogens (tertiary/aromatic N) is 2. The molecule has 2 nitrogen and oxygen atoms in total. The molecular weight excluding hydrogens is 917 g/mol. The zero-order valence-corrected chi connectivity index (χ0v) is 44.1. The van der Waals surface area contributed by atoms with Crippen LogP contribution in [0.25, 0.3) is 77.2 Å². The van der Waals surface area contributed by atoms with E-state index in [1.807, 2.05) is 0 Å². The van der Waals surface area contributed by atoms with Crippen LogP contribution in [-0.4, -0.2) is 0 Å². The molecule has 0 bridgehead atoms. The second-order valence-electron chi connectivity index (χ2n) is 20.4. The maximum absolute atomic E-state index is 2.39. The highest BCUT2D eigenvalue weighted by Crippen LogP contribution is 2.45. The van der Waals surface area contributed by atoms with Crippen LogP contribution < -0.4 is 9.80 Å². The van der Waals surface area contributed by atoms with E-state index in [4.69, 9.17) is 0 Å². The highest BCUT2D eigenvalue weighted by molar-refractivity contribution is 6.00. The Hall–Kier alpha value is -9.24. The number of fused-ring (bicyclic) bond motifs is 2. The first kappa shape index (κ1) is 47.7. The van der Waals surface area contributed by atoms with Gasteiger partial charge in [0, 0.05) is 33.5 Å². The third-order valence-corrected chi connectivity index (χ3v) is 15.5. The lowest BCUT2D eigenvalue weighted by atomic mass is 9.80. The molecule has 0 unspecified atom stereocenters. The summed E-state index contributed by atoms with van der Waals surface area (Å²) in [4.78, 5) is 4.72. The summed E-state index contributed by atoms with van der Waals surface area (Å²) < 4.78 is 0. The van der Waals surface area contributed by atoms with Gasteiger partial charge in [-0.25, -0.2) is 0 Å². The summed E-state index contributed by atoms with van der Waals surface area (Å²) in [5, 5.41) is 4.90. The Kier molecular flexibility index (Phi) is 12.7. The van der Waals surface area contributed by atoms with Crippen molar-refractivity contribution in [2.75, 3.05) is 9.80 Å². The quantitative estimate of drug-likeness (QED) is 0.127. The largest absolute Gasteiger partial charge is 0.310 e. The van der Waals surface area contributed by atoms with E-state index in [0.29, 0.717) is 0 Å². The van der Waals surface area contributed by atoms with Crippen molar-refractivity contribution in [3.63, 3.8) is 0 Å². The van der Waals surface area contributed by atoms with Crippen molar-refractivity contribution in [3.8, 4) is 55.6 Å². The molecular formula is C74H60N2. The SMILES string of the molecule is Cc1cc(C)c(-c2c(C)cc(C)c(-c3ccc(-c4ccc(N(c5ccccc5)c5cccc6ccccc56)cc4)cc3)c2C)c(C)c1-c1ccc(-c2ccc(N(c3ccccc3)c3cccc4ccccc34)cc2)cc1. The Morgan fingerprint density at radius 2 is 0.500 bits per heavy atom. The van der Waals surface area contributed by atoms with Crippen LogP contribution in [0.4, 0.5) is 34.1 Å². The normalized spacial score (nSPS) is 11.3. The first-order chi connectivity index (χ1) is 37.2. The molecule has 0 aliphatic rings. The smallest absolute Gasteiger partial charge is 0.0540 e. The molecule has 0 heterocycles. The molecule has 0 saturated heterocycles. The van der Waals surface area contributed by atoms with Gasteiger partial charge in [-0.05, 0) is 202 Å². The summed E-state index contributed by atoms with van der Waals surface area (Å²) in [5.41, 5.74) is 27.1. The second kappa shape index (κ2) is 20.2. The highest BCUT2D eigenvalue weighted by atomic mass is 15.1. The average Bonchev–Trinajstić information content (AvgIpc) is 3.48. The van der Waals surface area contributed by atoms with Crippen LogP contribution in [0.5, 0.6) is 0 Å². The maximum atomic E-state index is 2.39. The van der Waals surface area contributed by atoms with Crippen molar-refractivity contribution in [2.45, 2.75) is 41.5 Å². The molecule has 12 aromatic carbocycles. The zero-order valence-electron chi connectivity index (χ0n) is 44.1. The maximum Gasteiger partial charge on any atom is 0.0540 e. The highest BCUT2D eigenvalue weighted by Gasteiger charge is 2.22. The topological polar surface area (TPSA) is 6.48 Å². The molecule has 2 heteroatoms. The number of rotatable bonds is 11. The van der Waals surface area contributed by atoms with Gasteiger partial charge >= 0.3 is 0 Å². The van der Waals surface area contributed by atoms with Crippen LogP contribution in [0.1, 0.15) is 33.4 Å². The fourth-order valence-electron chi connectivity index (χ4n) is 12.1. The van der Waals surface area contributed by atoms with Crippen molar-refractivity contribution in [1.29, 1.82) is 0 Å². The standard InChI is InChI=1S/C74H60N2/c1-49-47-51(3)73(53(5)71(49)61-35-31-55(32-36-61)57-39-43-65(44-40-57)75(63-23-9-7-10-24-63)69-29-17-21-59-19-13-15-27-67(59)69)74-52(4)48-50(2)72(54(74)6)62-37-33-56(34-38-62)58-41-45-66(46-42-58)76(64-25-11-8-12-26-64)70-30-18-22-60-20-14-16-28-68(60)70/h7-48H,1-6H3. The van der Waals surface area contributed by atoms with Crippen molar-refractivity contribution < 1.29 is 0 Å². The van der Waals surface area contributed by atoms with Gasteiger partial charge in [0.05, 0.1) is 11.4 Å². The van der Waals surface area contributed by atoms with Crippen LogP contribution in [-0.2, 0) is 0 Å². The minimum absolute atomic E-state index is 1.12. The predicted octanol–water partition coefficient (Wildman–Crippen LogP) is 21.1. The van der Waals surface area contributed by atoms with Gasteiger partial charge in [0.25, 0.3) is 0 Å². The minimum Gasteiger partial charge on any atom is -0.310 e. The lowest BCUT2D eigenvalue weighted by molar-refractivity contribution is 1.27. The lowest BCUT2D eigenvalue weighted by Crippen LogP contribution is -2.10. The van der Waals surface area contributed by atoms with Gasteiger partial charge in [0.2, 0.25) is 0 Å².